The molecule has 0 radical (unpaired) electrons. The first kappa shape index (κ1) is 22.7. The maximum Gasteiger partial charge on any atom is 0.311 e. The van der Waals surface area contributed by atoms with Gasteiger partial charge in [-0.25, -0.2) is 0 Å². The van der Waals surface area contributed by atoms with E-state index in [4.69, 9.17) is 4.74 Å². The number of hydrogen-bond donors (Lipinski definition) is 1. The third-order valence-corrected chi connectivity index (χ3v) is 5.38. The number of cyclic esters (lactones) is 1. The van der Waals surface area contributed by atoms with Crippen LogP contribution in [0.15, 0.2) is 0 Å². The summed E-state index contributed by atoms with van der Waals surface area (Å²) >= 11 is 0. The summed E-state index contributed by atoms with van der Waals surface area (Å²) in [4.78, 5) is 33.6. The van der Waals surface area contributed by atoms with Crippen molar-refractivity contribution in [2.45, 2.75) is 103 Å². The van der Waals surface area contributed by atoms with Crippen LogP contribution < -0.4 is 0 Å². The molecule has 0 spiro atoms. The molecule has 0 bridgehead atoms. The summed E-state index contributed by atoms with van der Waals surface area (Å²) < 4.78 is 5.22. The molecule has 1 N–H and O–H groups in total. The quantitative estimate of drug-likeness (QED) is 0.328. The van der Waals surface area contributed by atoms with Gasteiger partial charge in [-0.3, -0.25) is 9.59 Å². The highest BCUT2D eigenvalue weighted by Crippen LogP contribution is 2.31. The predicted molar refractivity (Wildman–Crippen MR) is 101 cm³/mol. The Morgan fingerprint density at radius 1 is 0.885 bits per heavy atom. The molecule has 5 nitrogen and oxygen atoms in total. The molecule has 1 heterocycles. The van der Waals surface area contributed by atoms with Crippen molar-refractivity contribution >= 4 is 17.7 Å². The summed E-state index contributed by atoms with van der Waals surface area (Å²) in [5.41, 5.74) is 0. The number of Topliss-reactive ketones (excluding diaryl/α,β-unsaturated/α-hetero) is 1. The third-order valence-electron chi connectivity index (χ3n) is 5.38. The fourth-order valence-corrected chi connectivity index (χ4v) is 3.72. The number of unbranched alkanes of at least 4 members (excludes halogenated alkanes) is 10. The lowest BCUT2D eigenvalue weighted by Crippen LogP contribution is -2.27. The summed E-state index contributed by atoms with van der Waals surface area (Å²) in [5.74, 6) is -2.21. The second kappa shape index (κ2) is 12.9. The lowest BCUT2D eigenvalue weighted by Gasteiger charge is -2.15. The number of carbonyl (C=O) groups is 3. The molecule has 1 rings (SSSR count). The molecule has 0 aromatic carbocycles. The monoisotopic (exact) mass is 368 g/mol. The third kappa shape index (κ3) is 8.81. The average molecular weight is 369 g/mol. The van der Waals surface area contributed by atoms with Crippen LogP contribution in [0.5, 0.6) is 0 Å². The number of carbonyl (C=O) groups excluding carboxylic acids is 2. The summed E-state index contributed by atoms with van der Waals surface area (Å²) in [6, 6.07) is 0. The van der Waals surface area contributed by atoms with Crippen molar-refractivity contribution in [1.29, 1.82) is 0 Å². The van der Waals surface area contributed by atoms with Crippen molar-refractivity contribution < 1.29 is 24.2 Å². The predicted octanol–water partition coefficient (Wildman–Crippen LogP) is 4.91. The van der Waals surface area contributed by atoms with Crippen LogP contribution in [0, 0.1) is 11.8 Å². The maximum atomic E-state index is 11.5. The van der Waals surface area contributed by atoms with E-state index in [2.05, 4.69) is 0 Å². The van der Waals surface area contributed by atoms with E-state index in [0.29, 0.717) is 12.2 Å². The molecule has 0 amide bonds. The van der Waals surface area contributed by atoms with E-state index in [9.17, 15) is 19.5 Å². The van der Waals surface area contributed by atoms with Crippen LogP contribution in [0.1, 0.15) is 97.3 Å². The highest BCUT2D eigenvalue weighted by Gasteiger charge is 2.45. The van der Waals surface area contributed by atoms with E-state index in [-0.39, 0.29) is 5.97 Å². The maximum absolute atomic E-state index is 11.5. The van der Waals surface area contributed by atoms with E-state index >= 15 is 0 Å². The fourth-order valence-electron chi connectivity index (χ4n) is 3.72. The number of aliphatic carboxylic acids is 1. The molecule has 0 aliphatic carbocycles. The van der Waals surface area contributed by atoms with Gasteiger partial charge in [0.2, 0.25) is 0 Å². The molecule has 0 aromatic rings. The molecule has 1 aliphatic rings. The van der Waals surface area contributed by atoms with E-state index in [1.54, 1.807) is 13.8 Å². The highest BCUT2D eigenvalue weighted by atomic mass is 16.6. The Balaban J connectivity index is 1.93. The molecule has 0 saturated carbocycles. The van der Waals surface area contributed by atoms with Gasteiger partial charge in [0.05, 0.1) is 5.92 Å². The topological polar surface area (TPSA) is 80.7 Å². The zero-order chi connectivity index (χ0) is 19.4. The van der Waals surface area contributed by atoms with Gasteiger partial charge in [0.1, 0.15) is 17.8 Å². The zero-order valence-electron chi connectivity index (χ0n) is 16.5. The number of carboxylic acid groups (broad SMARTS) is 1. The minimum absolute atomic E-state index is 0.295. The number of carboxylic acids is 1. The van der Waals surface area contributed by atoms with Gasteiger partial charge in [-0.05, 0) is 26.2 Å². The van der Waals surface area contributed by atoms with E-state index in [1.165, 1.54) is 44.9 Å². The van der Waals surface area contributed by atoms with Crippen LogP contribution in [0.25, 0.3) is 0 Å². The number of hydrogen-bond acceptors (Lipinski definition) is 4. The van der Waals surface area contributed by atoms with Crippen LogP contribution in [-0.4, -0.2) is 28.9 Å². The minimum Gasteiger partial charge on any atom is -0.481 e. The second-order valence-corrected chi connectivity index (χ2v) is 7.76. The summed E-state index contributed by atoms with van der Waals surface area (Å²) in [5, 5.41) is 9.24. The Bertz CT molecular complexity index is 446. The van der Waals surface area contributed by atoms with E-state index in [0.717, 1.165) is 32.1 Å². The lowest BCUT2D eigenvalue weighted by atomic mass is 9.89. The van der Waals surface area contributed by atoms with Crippen LogP contribution in [0.3, 0.4) is 0 Å². The smallest absolute Gasteiger partial charge is 0.311 e. The first-order valence-electron chi connectivity index (χ1n) is 10.4. The first-order chi connectivity index (χ1) is 12.4. The Hall–Kier alpha value is -1.39. The molecule has 5 heteroatoms. The van der Waals surface area contributed by atoms with Crippen molar-refractivity contribution in [2.24, 2.45) is 11.8 Å². The zero-order valence-corrected chi connectivity index (χ0v) is 16.5. The van der Waals surface area contributed by atoms with Gasteiger partial charge < -0.3 is 14.6 Å². The summed E-state index contributed by atoms with van der Waals surface area (Å²) in [6.07, 6.45) is 13.8. The van der Waals surface area contributed by atoms with Crippen molar-refractivity contribution in [3.05, 3.63) is 0 Å². The van der Waals surface area contributed by atoms with E-state index < -0.39 is 23.9 Å². The highest BCUT2D eigenvalue weighted by molar-refractivity contribution is 5.84. The molecule has 1 aliphatic heterocycles. The van der Waals surface area contributed by atoms with Gasteiger partial charge in [0, 0.05) is 6.42 Å². The Morgan fingerprint density at radius 2 is 1.35 bits per heavy atom. The number of ketones is 1. The molecule has 1 fully saturated rings. The van der Waals surface area contributed by atoms with Crippen LogP contribution in [0.4, 0.5) is 0 Å². The standard InChI is InChI=1S/C21H36O5/c1-16(22)14-12-10-8-6-4-3-5-7-9-11-13-15-18-19(20(23)24)17(2)21(25)26-18/h17-19H,3-15H2,1-2H3,(H,23,24)/t17-,18-,19-/m0/s1. The molecular formula is C21H36O5. The summed E-state index contributed by atoms with van der Waals surface area (Å²) in [6.45, 7) is 3.30. The first-order valence-corrected chi connectivity index (χ1v) is 10.4. The summed E-state index contributed by atoms with van der Waals surface area (Å²) in [7, 11) is 0. The lowest BCUT2D eigenvalue weighted by molar-refractivity contribution is -0.144. The van der Waals surface area contributed by atoms with Gasteiger partial charge in [-0.1, -0.05) is 64.7 Å². The largest absolute Gasteiger partial charge is 0.481 e. The molecule has 150 valence electrons. The number of ether oxygens (including phenoxy) is 1. The normalized spacial score (nSPS) is 22.4. The fraction of sp³-hybridized carbons (Fsp3) is 0.857. The molecule has 0 aromatic heterocycles. The molecular weight excluding hydrogens is 332 g/mol. The molecule has 0 unspecified atom stereocenters. The SMILES string of the molecule is CC(=O)CCCCCCCCCCCCC[C@@H]1OC(=O)[C@@H](C)[C@@H]1C(=O)O. The van der Waals surface area contributed by atoms with Crippen molar-refractivity contribution in [1.82, 2.24) is 0 Å². The molecule has 26 heavy (non-hydrogen) atoms. The Kier molecular flexibility index (Phi) is 11.2. The molecule has 3 atom stereocenters. The number of esters is 1. The van der Waals surface area contributed by atoms with Gasteiger partial charge in [-0.15, -0.1) is 0 Å². The van der Waals surface area contributed by atoms with Crippen molar-refractivity contribution in [2.75, 3.05) is 0 Å². The van der Waals surface area contributed by atoms with Gasteiger partial charge in [0.25, 0.3) is 0 Å². The van der Waals surface area contributed by atoms with E-state index in [1.807, 2.05) is 0 Å². The molecule has 1 saturated heterocycles. The Labute approximate surface area is 157 Å². The van der Waals surface area contributed by atoms with Gasteiger partial charge in [0.15, 0.2) is 0 Å². The Morgan fingerprint density at radius 3 is 1.81 bits per heavy atom. The van der Waals surface area contributed by atoms with Crippen LogP contribution in [0.2, 0.25) is 0 Å². The number of rotatable bonds is 15. The van der Waals surface area contributed by atoms with Crippen LogP contribution >= 0.6 is 0 Å². The van der Waals surface area contributed by atoms with Crippen molar-refractivity contribution in [3.8, 4) is 0 Å². The minimum atomic E-state index is -0.922. The average Bonchev–Trinajstić information content (AvgIpc) is 2.86. The van der Waals surface area contributed by atoms with Gasteiger partial charge >= 0.3 is 11.9 Å². The van der Waals surface area contributed by atoms with Gasteiger partial charge in [-0.2, -0.15) is 0 Å². The van der Waals surface area contributed by atoms with Crippen molar-refractivity contribution in [3.63, 3.8) is 0 Å². The van der Waals surface area contributed by atoms with Crippen LogP contribution in [-0.2, 0) is 19.1 Å². The second-order valence-electron chi connectivity index (χ2n) is 7.76.